The second-order valence-corrected chi connectivity index (χ2v) is 7.07. The Bertz CT molecular complexity index is 690. The van der Waals surface area contributed by atoms with Gasteiger partial charge in [0.05, 0.1) is 12.5 Å². The summed E-state index contributed by atoms with van der Waals surface area (Å²) < 4.78 is 5.43. The van der Waals surface area contributed by atoms with Crippen molar-refractivity contribution in [3.63, 3.8) is 0 Å². The van der Waals surface area contributed by atoms with Crippen LogP contribution >= 0.6 is 0 Å². The summed E-state index contributed by atoms with van der Waals surface area (Å²) in [6.07, 6.45) is 4.63. The molecule has 2 amide bonds. The normalized spacial score (nSPS) is 21.1. The summed E-state index contributed by atoms with van der Waals surface area (Å²) in [4.78, 5) is 39.4. The molecule has 1 N–H and O–H groups in total. The van der Waals surface area contributed by atoms with Gasteiger partial charge in [0.25, 0.3) is 0 Å². The van der Waals surface area contributed by atoms with Crippen LogP contribution in [-0.2, 0) is 16.1 Å². The number of aryl methyl sites for hydroxylation is 1. The fraction of sp³-hybridized carbons (Fsp3) is 0.611. The molecule has 136 valence electrons. The van der Waals surface area contributed by atoms with Crippen LogP contribution in [0.2, 0.25) is 0 Å². The Morgan fingerprint density at radius 2 is 2.04 bits per heavy atom. The molecule has 25 heavy (non-hydrogen) atoms. The molecule has 2 heterocycles. The number of hydrogen-bond donors (Lipinski definition) is 1. The first-order valence-corrected chi connectivity index (χ1v) is 8.74. The average molecular weight is 348 g/mol. The molecule has 3 rings (SSSR count). The van der Waals surface area contributed by atoms with Gasteiger partial charge in [-0.05, 0) is 25.8 Å². The molecule has 1 saturated carbocycles. The third-order valence-corrected chi connectivity index (χ3v) is 5.24. The minimum absolute atomic E-state index is 0.0701. The number of furan rings is 1. The zero-order chi connectivity index (χ0) is 18.1. The van der Waals surface area contributed by atoms with Crippen molar-refractivity contribution in [2.45, 2.75) is 51.6 Å². The maximum Gasteiger partial charge on any atom is 0.339 e. The van der Waals surface area contributed by atoms with E-state index in [1.54, 1.807) is 14.0 Å². The lowest BCUT2D eigenvalue weighted by Gasteiger charge is -2.25. The van der Waals surface area contributed by atoms with Gasteiger partial charge in [-0.25, -0.2) is 4.79 Å². The minimum Gasteiger partial charge on any atom is -0.478 e. The van der Waals surface area contributed by atoms with E-state index in [9.17, 15) is 14.4 Å². The zero-order valence-electron chi connectivity index (χ0n) is 14.7. The summed E-state index contributed by atoms with van der Waals surface area (Å²) in [5, 5.41) is 9.07. The van der Waals surface area contributed by atoms with Crippen molar-refractivity contribution in [1.29, 1.82) is 0 Å². The Morgan fingerprint density at radius 3 is 2.64 bits per heavy atom. The standard InChI is InChI=1S/C18H24N2O5/c1-11-15(18(23)24)8-14(25-11)10-19(2)17(22)12-7-16(21)20(9-12)13-5-3-4-6-13/h8,12-13H,3-7,9-10H2,1-2H3,(H,23,24). The van der Waals surface area contributed by atoms with Crippen LogP contribution in [0.5, 0.6) is 0 Å². The van der Waals surface area contributed by atoms with Crippen LogP contribution < -0.4 is 0 Å². The molecule has 1 aromatic heterocycles. The monoisotopic (exact) mass is 348 g/mol. The lowest BCUT2D eigenvalue weighted by atomic mass is 10.1. The van der Waals surface area contributed by atoms with Crippen molar-refractivity contribution in [3.05, 3.63) is 23.2 Å². The van der Waals surface area contributed by atoms with Crippen molar-refractivity contribution in [2.24, 2.45) is 5.92 Å². The lowest BCUT2D eigenvalue weighted by Crippen LogP contribution is -2.37. The first-order valence-electron chi connectivity index (χ1n) is 8.74. The van der Waals surface area contributed by atoms with Gasteiger partial charge in [-0.15, -0.1) is 0 Å². The van der Waals surface area contributed by atoms with Crippen molar-refractivity contribution >= 4 is 17.8 Å². The number of carboxylic acid groups (broad SMARTS) is 1. The molecule has 0 spiro atoms. The van der Waals surface area contributed by atoms with Gasteiger partial charge in [0, 0.05) is 26.1 Å². The zero-order valence-corrected chi connectivity index (χ0v) is 14.7. The van der Waals surface area contributed by atoms with Crippen LogP contribution in [-0.4, -0.2) is 52.3 Å². The van der Waals surface area contributed by atoms with Gasteiger partial charge in [0.15, 0.2) is 0 Å². The minimum atomic E-state index is -1.05. The van der Waals surface area contributed by atoms with Crippen molar-refractivity contribution in [3.8, 4) is 0 Å². The highest BCUT2D eigenvalue weighted by Crippen LogP contribution is 2.30. The molecule has 1 atom stereocenters. The summed E-state index contributed by atoms with van der Waals surface area (Å²) in [6.45, 7) is 2.27. The first-order chi connectivity index (χ1) is 11.9. The van der Waals surface area contributed by atoms with E-state index in [2.05, 4.69) is 0 Å². The number of carboxylic acids is 1. The van der Waals surface area contributed by atoms with Crippen LogP contribution in [0.25, 0.3) is 0 Å². The highest BCUT2D eigenvalue weighted by atomic mass is 16.4. The van der Waals surface area contributed by atoms with Gasteiger partial charge in [-0.3, -0.25) is 9.59 Å². The summed E-state index contributed by atoms with van der Waals surface area (Å²) >= 11 is 0. The molecule has 1 unspecified atom stereocenters. The average Bonchev–Trinajstić information content (AvgIpc) is 3.26. The second kappa shape index (κ2) is 6.90. The van der Waals surface area contributed by atoms with Gasteiger partial charge in [-0.2, -0.15) is 0 Å². The van der Waals surface area contributed by atoms with Crippen molar-refractivity contribution in [2.75, 3.05) is 13.6 Å². The Hall–Kier alpha value is -2.31. The number of rotatable bonds is 5. The summed E-state index contributed by atoms with van der Waals surface area (Å²) in [7, 11) is 1.66. The van der Waals surface area contributed by atoms with Gasteiger partial charge in [0.1, 0.15) is 17.1 Å². The second-order valence-electron chi connectivity index (χ2n) is 7.07. The Labute approximate surface area is 146 Å². The fourth-order valence-corrected chi connectivity index (χ4v) is 3.92. The third kappa shape index (κ3) is 3.55. The molecule has 0 aromatic carbocycles. The molecule has 1 saturated heterocycles. The maximum atomic E-state index is 12.7. The highest BCUT2D eigenvalue weighted by molar-refractivity contribution is 5.90. The number of likely N-dealkylation sites (tertiary alicyclic amines) is 1. The van der Waals surface area contributed by atoms with Crippen molar-refractivity contribution in [1.82, 2.24) is 9.80 Å². The number of amides is 2. The van der Waals surface area contributed by atoms with Crippen LogP contribution in [0.3, 0.4) is 0 Å². The van der Waals surface area contributed by atoms with Crippen LogP contribution in [0.15, 0.2) is 10.5 Å². The van der Waals surface area contributed by atoms with Gasteiger partial charge < -0.3 is 19.3 Å². The third-order valence-electron chi connectivity index (χ3n) is 5.24. The quantitative estimate of drug-likeness (QED) is 0.879. The Morgan fingerprint density at radius 1 is 1.36 bits per heavy atom. The number of carbonyl (C=O) groups excluding carboxylic acids is 2. The van der Waals surface area contributed by atoms with Gasteiger partial charge in [0.2, 0.25) is 11.8 Å². The van der Waals surface area contributed by atoms with E-state index in [1.807, 2.05) is 4.90 Å². The number of hydrogen-bond acceptors (Lipinski definition) is 4. The van der Waals surface area contributed by atoms with E-state index >= 15 is 0 Å². The number of nitrogens with zero attached hydrogens (tertiary/aromatic N) is 2. The van der Waals surface area contributed by atoms with E-state index in [0.29, 0.717) is 24.1 Å². The smallest absolute Gasteiger partial charge is 0.339 e. The largest absolute Gasteiger partial charge is 0.478 e. The molecule has 0 radical (unpaired) electrons. The van der Waals surface area contributed by atoms with Crippen LogP contribution in [0.4, 0.5) is 0 Å². The predicted molar refractivity (Wildman–Crippen MR) is 89.0 cm³/mol. The topological polar surface area (TPSA) is 91.1 Å². The van der Waals surface area contributed by atoms with E-state index in [-0.39, 0.29) is 36.3 Å². The molecular weight excluding hydrogens is 324 g/mol. The number of carbonyl (C=O) groups is 3. The van der Waals surface area contributed by atoms with Crippen LogP contribution in [0.1, 0.15) is 54.0 Å². The lowest BCUT2D eigenvalue weighted by molar-refractivity contribution is -0.135. The summed E-state index contributed by atoms with van der Waals surface area (Å²) in [6, 6.07) is 1.74. The van der Waals surface area contributed by atoms with Gasteiger partial charge >= 0.3 is 5.97 Å². The maximum absolute atomic E-state index is 12.7. The Kier molecular flexibility index (Phi) is 4.83. The molecular formula is C18H24N2O5. The first kappa shape index (κ1) is 17.5. The van der Waals surface area contributed by atoms with E-state index in [1.165, 1.54) is 11.0 Å². The summed E-state index contributed by atoms with van der Waals surface area (Å²) in [5.74, 6) is -0.641. The Balaban J connectivity index is 1.61. The SMILES string of the molecule is Cc1oc(CN(C)C(=O)C2CC(=O)N(C3CCCC3)C2)cc1C(=O)O. The molecule has 1 aliphatic carbocycles. The molecule has 7 nitrogen and oxygen atoms in total. The summed E-state index contributed by atoms with van der Waals surface area (Å²) in [5.41, 5.74) is 0.110. The van der Waals surface area contributed by atoms with E-state index in [4.69, 9.17) is 9.52 Å². The molecule has 2 aliphatic rings. The fourth-order valence-electron chi connectivity index (χ4n) is 3.92. The van der Waals surface area contributed by atoms with E-state index < -0.39 is 5.97 Å². The number of aromatic carboxylic acids is 1. The van der Waals surface area contributed by atoms with Gasteiger partial charge in [-0.1, -0.05) is 12.8 Å². The predicted octanol–water partition coefficient (Wildman–Crippen LogP) is 2.04. The van der Waals surface area contributed by atoms with Crippen molar-refractivity contribution < 1.29 is 23.9 Å². The molecule has 1 aliphatic heterocycles. The van der Waals surface area contributed by atoms with E-state index in [0.717, 1.165) is 25.7 Å². The van der Waals surface area contributed by atoms with Crippen LogP contribution in [0, 0.1) is 12.8 Å². The molecule has 1 aromatic rings. The molecule has 7 heteroatoms. The molecule has 0 bridgehead atoms. The highest BCUT2D eigenvalue weighted by Gasteiger charge is 2.39. The molecule has 2 fully saturated rings.